The van der Waals surface area contributed by atoms with Gasteiger partial charge >= 0.3 is 0 Å². The molecular formula is C23H25N3O6. The molecule has 9 nitrogen and oxygen atoms in total. The Hall–Kier alpha value is -3.40. The van der Waals surface area contributed by atoms with Crippen molar-refractivity contribution < 1.29 is 28.7 Å². The zero-order valence-corrected chi connectivity index (χ0v) is 17.9. The molecule has 0 aliphatic rings. The summed E-state index contributed by atoms with van der Waals surface area (Å²) < 4.78 is 22.4. The monoisotopic (exact) mass is 439 g/mol. The highest BCUT2D eigenvalue weighted by Gasteiger charge is 2.17. The number of rotatable bonds is 10. The van der Waals surface area contributed by atoms with Crippen molar-refractivity contribution >= 4 is 11.0 Å². The lowest BCUT2D eigenvalue weighted by Gasteiger charge is -2.10. The Kier molecular flexibility index (Phi) is 6.69. The number of furan rings is 1. The Morgan fingerprint density at radius 1 is 1.09 bits per heavy atom. The van der Waals surface area contributed by atoms with Gasteiger partial charge in [0.25, 0.3) is 5.89 Å². The number of ether oxygens (including phenoxy) is 2. The van der Waals surface area contributed by atoms with E-state index in [4.69, 9.17) is 23.6 Å². The topological polar surface area (TPSA) is 123 Å². The third kappa shape index (κ3) is 4.45. The molecule has 4 aromatic rings. The van der Waals surface area contributed by atoms with E-state index in [1.54, 1.807) is 19.2 Å². The van der Waals surface area contributed by atoms with Gasteiger partial charge in [0.05, 0.1) is 20.3 Å². The number of hydrogen-bond acceptors (Lipinski definition) is 9. The van der Waals surface area contributed by atoms with E-state index in [2.05, 4.69) is 17.1 Å². The van der Waals surface area contributed by atoms with Crippen molar-refractivity contribution in [1.29, 1.82) is 0 Å². The van der Waals surface area contributed by atoms with E-state index in [0.29, 0.717) is 41.2 Å². The summed E-state index contributed by atoms with van der Waals surface area (Å²) in [5.74, 6) is 2.48. The molecule has 0 bridgehead atoms. The van der Waals surface area contributed by atoms with E-state index < -0.39 is 6.04 Å². The lowest BCUT2D eigenvalue weighted by Crippen LogP contribution is -2.19. The SMILES string of the molecule is CCCCOc1cc(-c2nc(-c3ccc4oc(C(CO)NO)cc4c3)no2)ccc1OC. The van der Waals surface area contributed by atoms with Crippen molar-refractivity contribution in [3.05, 3.63) is 48.2 Å². The Balaban J connectivity index is 1.61. The van der Waals surface area contributed by atoms with E-state index in [0.717, 1.165) is 29.4 Å². The number of aromatic nitrogens is 2. The largest absolute Gasteiger partial charge is 0.493 e. The fourth-order valence-electron chi connectivity index (χ4n) is 3.28. The number of aliphatic hydroxyl groups excluding tert-OH is 1. The van der Waals surface area contributed by atoms with Gasteiger partial charge in [-0.3, -0.25) is 0 Å². The first-order valence-electron chi connectivity index (χ1n) is 10.4. The summed E-state index contributed by atoms with van der Waals surface area (Å²) in [7, 11) is 1.60. The summed E-state index contributed by atoms with van der Waals surface area (Å²) in [6, 6.07) is 12.0. The Morgan fingerprint density at radius 3 is 2.69 bits per heavy atom. The predicted octanol–water partition coefficient (Wildman–Crippen LogP) is 4.35. The maximum Gasteiger partial charge on any atom is 0.258 e. The number of hydrogen-bond donors (Lipinski definition) is 3. The summed E-state index contributed by atoms with van der Waals surface area (Å²) in [5.41, 5.74) is 4.10. The highest BCUT2D eigenvalue weighted by molar-refractivity contribution is 5.83. The average molecular weight is 439 g/mol. The number of aliphatic hydroxyl groups is 1. The molecule has 0 saturated heterocycles. The third-order valence-electron chi connectivity index (χ3n) is 5.07. The average Bonchev–Trinajstić information content (AvgIpc) is 3.47. The zero-order valence-electron chi connectivity index (χ0n) is 17.9. The molecule has 0 fully saturated rings. The highest BCUT2D eigenvalue weighted by atomic mass is 16.5. The lowest BCUT2D eigenvalue weighted by atomic mass is 10.1. The van der Waals surface area contributed by atoms with E-state index in [9.17, 15) is 5.11 Å². The number of nitrogens with zero attached hydrogens (tertiary/aromatic N) is 2. The fourth-order valence-corrected chi connectivity index (χ4v) is 3.28. The summed E-state index contributed by atoms with van der Waals surface area (Å²) in [5, 5.41) is 23.4. The summed E-state index contributed by atoms with van der Waals surface area (Å²) >= 11 is 0. The maximum atomic E-state index is 9.33. The summed E-state index contributed by atoms with van der Waals surface area (Å²) in [6.07, 6.45) is 1.98. The van der Waals surface area contributed by atoms with Crippen molar-refractivity contribution in [2.45, 2.75) is 25.8 Å². The first-order valence-corrected chi connectivity index (χ1v) is 10.4. The second-order valence-electron chi connectivity index (χ2n) is 7.26. The molecule has 1 atom stereocenters. The smallest absolute Gasteiger partial charge is 0.258 e. The molecule has 0 amide bonds. The molecule has 32 heavy (non-hydrogen) atoms. The molecule has 2 aromatic carbocycles. The van der Waals surface area contributed by atoms with Crippen molar-refractivity contribution in [1.82, 2.24) is 15.6 Å². The number of fused-ring (bicyclic) bond motifs is 1. The first-order chi connectivity index (χ1) is 15.7. The Bertz CT molecular complexity index is 1180. The van der Waals surface area contributed by atoms with Gasteiger partial charge in [-0.2, -0.15) is 10.5 Å². The number of hydroxylamine groups is 1. The minimum atomic E-state index is -0.702. The van der Waals surface area contributed by atoms with Crippen LogP contribution in [0.4, 0.5) is 0 Å². The van der Waals surface area contributed by atoms with Crippen LogP contribution in [-0.4, -0.2) is 40.8 Å². The molecule has 4 rings (SSSR count). The van der Waals surface area contributed by atoms with Crippen LogP contribution in [0.1, 0.15) is 31.6 Å². The zero-order chi connectivity index (χ0) is 22.5. The normalized spacial score (nSPS) is 12.2. The number of benzene rings is 2. The van der Waals surface area contributed by atoms with E-state index >= 15 is 0 Å². The van der Waals surface area contributed by atoms with Gasteiger partial charge in [0.1, 0.15) is 17.4 Å². The Morgan fingerprint density at radius 2 is 1.94 bits per heavy atom. The second-order valence-corrected chi connectivity index (χ2v) is 7.26. The minimum Gasteiger partial charge on any atom is -0.493 e. The van der Waals surface area contributed by atoms with Crippen LogP contribution in [0.3, 0.4) is 0 Å². The van der Waals surface area contributed by atoms with Crippen molar-refractivity contribution in [3.63, 3.8) is 0 Å². The number of unbranched alkanes of at least 4 members (excludes halogenated alkanes) is 1. The van der Waals surface area contributed by atoms with E-state index in [1.165, 1.54) is 0 Å². The van der Waals surface area contributed by atoms with Crippen LogP contribution < -0.4 is 15.0 Å². The van der Waals surface area contributed by atoms with Gasteiger partial charge in [-0.05, 0) is 48.9 Å². The van der Waals surface area contributed by atoms with Gasteiger partial charge in [-0.15, -0.1) is 0 Å². The molecule has 0 aliphatic carbocycles. The molecule has 0 aliphatic heterocycles. The first kappa shape index (κ1) is 21.8. The van der Waals surface area contributed by atoms with Crippen LogP contribution in [0.25, 0.3) is 33.8 Å². The molecule has 9 heteroatoms. The molecule has 0 spiro atoms. The van der Waals surface area contributed by atoms with Crippen LogP contribution in [0, 0.1) is 0 Å². The molecule has 1 unspecified atom stereocenters. The van der Waals surface area contributed by atoms with Gasteiger partial charge in [-0.1, -0.05) is 18.5 Å². The number of methoxy groups -OCH3 is 1. The van der Waals surface area contributed by atoms with E-state index in [-0.39, 0.29) is 6.61 Å². The quantitative estimate of drug-likeness (QED) is 0.244. The molecular weight excluding hydrogens is 414 g/mol. The summed E-state index contributed by atoms with van der Waals surface area (Å²) in [6.45, 7) is 2.40. The van der Waals surface area contributed by atoms with Gasteiger partial charge in [0.2, 0.25) is 5.82 Å². The van der Waals surface area contributed by atoms with Crippen molar-refractivity contribution in [3.8, 4) is 34.3 Å². The van der Waals surface area contributed by atoms with Gasteiger partial charge in [-0.25, -0.2) is 0 Å². The minimum absolute atomic E-state index is 0.302. The molecule has 168 valence electrons. The van der Waals surface area contributed by atoms with Crippen LogP contribution in [0.2, 0.25) is 0 Å². The molecule has 3 N–H and O–H groups in total. The molecule has 0 radical (unpaired) electrons. The second kappa shape index (κ2) is 9.82. The maximum absolute atomic E-state index is 9.33. The number of nitrogens with one attached hydrogen (secondary N) is 1. The fraction of sp³-hybridized carbons (Fsp3) is 0.304. The highest BCUT2D eigenvalue weighted by Crippen LogP contribution is 2.33. The van der Waals surface area contributed by atoms with Gasteiger partial charge in [0, 0.05) is 16.5 Å². The van der Waals surface area contributed by atoms with Crippen molar-refractivity contribution in [2.75, 3.05) is 20.3 Å². The third-order valence-corrected chi connectivity index (χ3v) is 5.07. The van der Waals surface area contributed by atoms with Crippen LogP contribution in [-0.2, 0) is 0 Å². The predicted molar refractivity (Wildman–Crippen MR) is 117 cm³/mol. The molecule has 2 aromatic heterocycles. The molecule has 2 heterocycles. The molecule has 0 saturated carbocycles. The van der Waals surface area contributed by atoms with Gasteiger partial charge < -0.3 is 28.7 Å². The standard InChI is InChI=1S/C23H25N3O6/c1-3-4-9-30-21-11-15(6-8-19(21)29-2)23-24-22(26-32-23)14-5-7-18-16(10-14)12-20(31-18)17(13-27)25-28/h5-8,10-12,17,25,27-28H,3-4,9,13H2,1-2H3. The Labute approximate surface area is 184 Å². The van der Waals surface area contributed by atoms with Crippen molar-refractivity contribution in [2.24, 2.45) is 0 Å². The van der Waals surface area contributed by atoms with Crippen LogP contribution in [0.15, 0.2) is 51.4 Å². The van der Waals surface area contributed by atoms with E-state index in [1.807, 2.05) is 35.8 Å². The van der Waals surface area contributed by atoms with Gasteiger partial charge in [0.15, 0.2) is 11.5 Å². The summed E-state index contributed by atoms with van der Waals surface area (Å²) in [4.78, 5) is 4.53. The van der Waals surface area contributed by atoms with Crippen LogP contribution in [0.5, 0.6) is 11.5 Å². The lowest BCUT2D eigenvalue weighted by molar-refractivity contribution is 0.0810. The van der Waals surface area contributed by atoms with Crippen LogP contribution >= 0.6 is 0 Å².